The highest BCUT2D eigenvalue weighted by Gasteiger charge is 2.17. The first-order valence-corrected chi connectivity index (χ1v) is 8.72. The highest BCUT2D eigenvalue weighted by atomic mass is 35.5. The van der Waals surface area contributed by atoms with E-state index in [1.54, 1.807) is 12.1 Å². The predicted molar refractivity (Wildman–Crippen MR) is 95.1 cm³/mol. The number of aromatic nitrogens is 2. The number of benzene rings is 1. The molecule has 1 amide bonds. The van der Waals surface area contributed by atoms with Crippen LogP contribution in [0.25, 0.3) is 0 Å². The van der Waals surface area contributed by atoms with Crippen molar-refractivity contribution >= 4 is 23.3 Å². The van der Waals surface area contributed by atoms with Gasteiger partial charge in [-0.05, 0) is 36.6 Å². The smallest absolute Gasteiger partial charge is 0.272 e. The van der Waals surface area contributed by atoms with Gasteiger partial charge < -0.3 is 10.6 Å². The van der Waals surface area contributed by atoms with E-state index in [1.165, 1.54) is 19.3 Å². The Balaban J connectivity index is 1.54. The second kappa shape index (κ2) is 8.11. The Kier molecular flexibility index (Phi) is 5.64. The summed E-state index contributed by atoms with van der Waals surface area (Å²) in [5.41, 5.74) is 1.34. The number of anilines is 1. The van der Waals surface area contributed by atoms with Crippen molar-refractivity contribution in [3.63, 3.8) is 0 Å². The first kappa shape index (κ1) is 16.7. The molecule has 1 saturated carbocycles. The summed E-state index contributed by atoms with van der Waals surface area (Å²) in [6.07, 6.45) is 5.73. The molecule has 1 aliphatic carbocycles. The third-order valence-electron chi connectivity index (χ3n) is 4.26. The van der Waals surface area contributed by atoms with Crippen LogP contribution in [0.2, 0.25) is 5.02 Å². The molecule has 6 heteroatoms. The van der Waals surface area contributed by atoms with E-state index in [0.29, 0.717) is 23.1 Å². The fourth-order valence-electron chi connectivity index (χ4n) is 2.88. The van der Waals surface area contributed by atoms with Crippen LogP contribution in [0.3, 0.4) is 0 Å². The van der Waals surface area contributed by atoms with Crippen molar-refractivity contribution in [2.24, 2.45) is 0 Å². The molecule has 126 valence electrons. The van der Waals surface area contributed by atoms with Crippen LogP contribution >= 0.6 is 11.6 Å². The maximum absolute atomic E-state index is 12.2. The number of nitrogens with zero attached hydrogens (tertiary/aromatic N) is 2. The Morgan fingerprint density at radius 2 is 1.88 bits per heavy atom. The number of carbonyl (C=O) groups excluding carboxylic acids is 1. The maximum atomic E-state index is 12.2. The number of amides is 1. The van der Waals surface area contributed by atoms with Gasteiger partial charge in [0.25, 0.3) is 5.91 Å². The highest BCUT2D eigenvalue weighted by molar-refractivity contribution is 6.31. The van der Waals surface area contributed by atoms with Crippen molar-refractivity contribution in [1.82, 2.24) is 15.5 Å². The SMILES string of the molecule is O=C(NC1CCCCC1)c1ccc(NCc2ccccc2Cl)nn1. The van der Waals surface area contributed by atoms with E-state index in [0.717, 1.165) is 18.4 Å². The van der Waals surface area contributed by atoms with E-state index in [-0.39, 0.29) is 11.9 Å². The fourth-order valence-corrected chi connectivity index (χ4v) is 3.08. The predicted octanol–water partition coefficient (Wildman–Crippen LogP) is 3.80. The van der Waals surface area contributed by atoms with Crippen molar-refractivity contribution in [1.29, 1.82) is 0 Å². The summed E-state index contributed by atoms with van der Waals surface area (Å²) in [4.78, 5) is 12.2. The minimum Gasteiger partial charge on any atom is -0.364 e. The van der Waals surface area contributed by atoms with Gasteiger partial charge in [-0.1, -0.05) is 49.1 Å². The minimum absolute atomic E-state index is 0.146. The summed E-state index contributed by atoms with van der Waals surface area (Å²) in [6, 6.07) is 11.4. The Bertz CT molecular complexity index is 684. The van der Waals surface area contributed by atoms with Crippen molar-refractivity contribution in [2.45, 2.75) is 44.7 Å². The van der Waals surface area contributed by atoms with E-state index >= 15 is 0 Å². The van der Waals surface area contributed by atoms with Crippen LogP contribution in [0.15, 0.2) is 36.4 Å². The lowest BCUT2D eigenvalue weighted by Gasteiger charge is -2.22. The van der Waals surface area contributed by atoms with Crippen LogP contribution in [-0.4, -0.2) is 22.1 Å². The number of nitrogens with one attached hydrogen (secondary N) is 2. The number of hydrogen-bond acceptors (Lipinski definition) is 4. The number of rotatable bonds is 5. The number of halogens is 1. The van der Waals surface area contributed by atoms with E-state index < -0.39 is 0 Å². The molecule has 2 N–H and O–H groups in total. The number of carbonyl (C=O) groups is 1. The Labute approximate surface area is 146 Å². The quantitative estimate of drug-likeness (QED) is 0.865. The van der Waals surface area contributed by atoms with E-state index in [2.05, 4.69) is 20.8 Å². The van der Waals surface area contributed by atoms with Gasteiger partial charge in [-0.3, -0.25) is 4.79 Å². The van der Waals surface area contributed by atoms with Crippen LogP contribution in [0.1, 0.15) is 48.2 Å². The molecule has 0 spiro atoms. The summed E-state index contributed by atoms with van der Waals surface area (Å²) in [7, 11) is 0. The molecule has 24 heavy (non-hydrogen) atoms. The molecular weight excluding hydrogens is 324 g/mol. The van der Waals surface area contributed by atoms with Crippen LogP contribution in [0.4, 0.5) is 5.82 Å². The number of hydrogen-bond donors (Lipinski definition) is 2. The molecule has 0 radical (unpaired) electrons. The van der Waals surface area contributed by atoms with Crippen molar-refractivity contribution in [2.75, 3.05) is 5.32 Å². The van der Waals surface area contributed by atoms with Crippen LogP contribution in [0, 0.1) is 0 Å². The summed E-state index contributed by atoms with van der Waals surface area (Å²) in [6.45, 7) is 0.558. The van der Waals surface area contributed by atoms with Gasteiger partial charge >= 0.3 is 0 Å². The van der Waals surface area contributed by atoms with Gasteiger partial charge in [-0.25, -0.2) is 0 Å². The largest absolute Gasteiger partial charge is 0.364 e. The van der Waals surface area contributed by atoms with E-state index in [1.807, 2.05) is 24.3 Å². The maximum Gasteiger partial charge on any atom is 0.272 e. The second-order valence-electron chi connectivity index (χ2n) is 6.06. The van der Waals surface area contributed by atoms with Crippen molar-refractivity contribution in [3.05, 3.63) is 52.7 Å². The zero-order chi connectivity index (χ0) is 16.8. The molecule has 3 rings (SSSR count). The van der Waals surface area contributed by atoms with Gasteiger partial charge in [0.1, 0.15) is 5.82 Å². The standard InChI is InChI=1S/C18H21ClN4O/c19-15-9-5-4-6-13(15)12-20-17-11-10-16(22-23-17)18(24)21-14-7-2-1-3-8-14/h4-6,9-11,14H,1-3,7-8,12H2,(H,20,23)(H,21,24). The molecule has 1 fully saturated rings. The Morgan fingerprint density at radius 3 is 2.58 bits per heavy atom. The van der Waals surface area contributed by atoms with E-state index in [4.69, 9.17) is 11.6 Å². The second-order valence-corrected chi connectivity index (χ2v) is 6.46. The first-order chi connectivity index (χ1) is 11.7. The van der Waals surface area contributed by atoms with Crippen LogP contribution < -0.4 is 10.6 Å². The zero-order valence-corrected chi connectivity index (χ0v) is 14.2. The molecule has 2 aromatic rings. The minimum atomic E-state index is -0.146. The average molecular weight is 345 g/mol. The normalized spacial score (nSPS) is 15.0. The van der Waals surface area contributed by atoms with Gasteiger partial charge in [0.15, 0.2) is 5.69 Å². The zero-order valence-electron chi connectivity index (χ0n) is 13.5. The third kappa shape index (κ3) is 4.45. The molecule has 1 heterocycles. The lowest BCUT2D eigenvalue weighted by Crippen LogP contribution is -2.36. The van der Waals surface area contributed by atoms with Gasteiger partial charge in [0.05, 0.1) is 0 Å². The molecule has 1 aliphatic rings. The molecule has 1 aromatic carbocycles. The molecule has 0 aliphatic heterocycles. The first-order valence-electron chi connectivity index (χ1n) is 8.34. The molecule has 0 atom stereocenters. The highest BCUT2D eigenvalue weighted by Crippen LogP contribution is 2.18. The molecular formula is C18H21ClN4O. The summed E-state index contributed by atoms with van der Waals surface area (Å²) < 4.78 is 0. The molecule has 0 bridgehead atoms. The monoisotopic (exact) mass is 344 g/mol. The Morgan fingerprint density at radius 1 is 1.08 bits per heavy atom. The Hall–Kier alpha value is -2.14. The van der Waals surface area contributed by atoms with Crippen LogP contribution in [0.5, 0.6) is 0 Å². The van der Waals surface area contributed by atoms with Crippen molar-refractivity contribution in [3.8, 4) is 0 Å². The molecule has 1 aromatic heterocycles. The average Bonchev–Trinajstić information content (AvgIpc) is 2.62. The van der Waals surface area contributed by atoms with E-state index in [9.17, 15) is 4.79 Å². The molecule has 0 saturated heterocycles. The van der Waals surface area contributed by atoms with Gasteiger partial charge in [-0.2, -0.15) is 0 Å². The van der Waals surface area contributed by atoms with Gasteiger partial charge in [0, 0.05) is 17.6 Å². The van der Waals surface area contributed by atoms with Crippen molar-refractivity contribution < 1.29 is 4.79 Å². The molecule has 0 unspecified atom stereocenters. The van der Waals surface area contributed by atoms with Gasteiger partial charge in [-0.15, -0.1) is 10.2 Å². The third-order valence-corrected chi connectivity index (χ3v) is 4.62. The van der Waals surface area contributed by atoms with Crippen LogP contribution in [-0.2, 0) is 6.54 Å². The van der Waals surface area contributed by atoms with Gasteiger partial charge in [0.2, 0.25) is 0 Å². The lowest BCUT2D eigenvalue weighted by molar-refractivity contribution is 0.0921. The fraction of sp³-hybridized carbons (Fsp3) is 0.389. The lowest BCUT2D eigenvalue weighted by atomic mass is 9.95. The topological polar surface area (TPSA) is 66.9 Å². The summed E-state index contributed by atoms with van der Waals surface area (Å²) >= 11 is 6.12. The summed E-state index contributed by atoms with van der Waals surface area (Å²) in [5.74, 6) is 0.469. The summed E-state index contributed by atoms with van der Waals surface area (Å²) in [5, 5.41) is 15.0. The molecule has 5 nitrogen and oxygen atoms in total.